The predicted octanol–water partition coefficient (Wildman–Crippen LogP) is 7.12. The maximum absolute atomic E-state index is 13.1. The van der Waals surface area contributed by atoms with Crippen molar-refractivity contribution < 1.29 is 19.1 Å². The van der Waals surface area contributed by atoms with Gasteiger partial charge in [-0.25, -0.2) is 29.2 Å². The van der Waals surface area contributed by atoms with Gasteiger partial charge in [-0.1, -0.05) is 23.2 Å². The molecule has 0 radical (unpaired) electrons. The van der Waals surface area contributed by atoms with Gasteiger partial charge in [-0.3, -0.25) is 0 Å². The van der Waals surface area contributed by atoms with Gasteiger partial charge in [0.1, 0.15) is 34.3 Å². The van der Waals surface area contributed by atoms with E-state index in [2.05, 4.69) is 25.4 Å². The predicted molar refractivity (Wildman–Crippen MR) is 159 cm³/mol. The van der Waals surface area contributed by atoms with Crippen LogP contribution in [-0.2, 0) is 9.47 Å². The largest absolute Gasteiger partial charge is 0.443 e. The molecule has 14 heteroatoms. The van der Waals surface area contributed by atoms with Crippen LogP contribution in [0.1, 0.15) is 52.9 Å². The zero-order valence-corrected chi connectivity index (χ0v) is 25.5. The molecule has 0 bridgehead atoms. The Morgan fingerprint density at radius 1 is 1.00 bits per heavy atom. The van der Waals surface area contributed by atoms with E-state index in [0.29, 0.717) is 28.0 Å². The van der Waals surface area contributed by atoms with E-state index in [1.165, 1.54) is 22.9 Å². The Hall–Kier alpha value is -4.47. The molecule has 1 N–H and O–H groups in total. The Balaban J connectivity index is 1.75. The lowest BCUT2D eigenvalue weighted by atomic mass is 10.2. The van der Waals surface area contributed by atoms with Crippen LogP contribution >= 0.6 is 23.2 Å². The van der Waals surface area contributed by atoms with Gasteiger partial charge in [0.05, 0.1) is 32.6 Å². The van der Waals surface area contributed by atoms with Crippen molar-refractivity contribution in [3.05, 3.63) is 58.1 Å². The summed E-state index contributed by atoms with van der Waals surface area (Å²) in [5, 5.41) is 18.0. The number of carbonyl (C=O) groups excluding carboxylic acids is 2. The number of rotatable bonds is 4. The van der Waals surface area contributed by atoms with E-state index in [4.69, 9.17) is 32.7 Å². The molecule has 0 aliphatic heterocycles. The molecule has 0 aliphatic rings. The fourth-order valence-corrected chi connectivity index (χ4v) is 4.40. The zero-order chi connectivity index (χ0) is 31.0. The second kappa shape index (κ2) is 11.4. The average Bonchev–Trinajstić information content (AvgIpc) is 3.25. The summed E-state index contributed by atoms with van der Waals surface area (Å²) in [7, 11) is 0. The lowest BCUT2D eigenvalue weighted by Gasteiger charge is -2.28. The fourth-order valence-electron chi connectivity index (χ4n) is 3.74. The molecule has 2 amide bonds. The Morgan fingerprint density at radius 2 is 1.60 bits per heavy atom. The highest BCUT2D eigenvalue weighted by atomic mass is 35.5. The highest BCUT2D eigenvalue weighted by Crippen LogP contribution is 2.33. The standard InChI is InChI=1S/C28H28Cl2N8O4/c1-15-33-21(12-22(34-15)38(25(39)41-27(2,3)4)26(40)42-28(5,6)7)35-24-17-14-37(36-20(17)8-9-32-24)23-18(29)10-16(13-31)11-19(23)30/h8-12,14H,1-7H3,(H,32,33,34,35). The van der Waals surface area contributed by atoms with Gasteiger partial charge in [-0.15, -0.1) is 0 Å². The molecule has 0 fully saturated rings. The third-order valence-corrected chi connectivity index (χ3v) is 5.84. The number of nitrogens with one attached hydrogen (secondary N) is 1. The van der Waals surface area contributed by atoms with Crippen LogP contribution in [0.15, 0.2) is 36.7 Å². The number of carbonyl (C=O) groups is 2. The van der Waals surface area contributed by atoms with E-state index in [0.717, 1.165) is 4.90 Å². The normalized spacial score (nSPS) is 11.6. The third kappa shape index (κ3) is 7.05. The van der Waals surface area contributed by atoms with Crippen molar-refractivity contribution in [2.75, 3.05) is 10.2 Å². The van der Waals surface area contributed by atoms with Crippen LogP contribution in [0.25, 0.3) is 16.6 Å². The van der Waals surface area contributed by atoms with Crippen LogP contribution < -0.4 is 10.2 Å². The molecule has 0 unspecified atom stereocenters. The first-order valence-corrected chi connectivity index (χ1v) is 13.4. The summed E-state index contributed by atoms with van der Waals surface area (Å²) in [4.78, 5) is 40.1. The van der Waals surface area contributed by atoms with Gasteiger partial charge in [0.2, 0.25) is 0 Å². The number of amides is 2. The first-order valence-electron chi connectivity index (χ1n) is 12.7. The van der Waals surface area contributed by atoms with Crippen molar-refractivity contribution in [2.24, 2.45) is 0 Å². The summed E-state index contributed by atoms with van der Waals surface area (Å²) in [5.74, 6) is 0.792. The molecule has 218 valence electrons. The summed E-state index contributed by atoms with van der Waals surface area (Å²) in [6, 6.07) is 8.11. The Morgan fingerprint density at radius 3 is 2.14 bits per heavy atom. The topological polar surface area (TPSA) is 148 Å². The van der Waals surface area contributed by atoms with Crippen molar-refractivity contribution in [2.45, 2.75) is 59.7 Å². The number of hydrogen-bond donors (Lipinski definition) is 1. The lowest BCUT2D eigenvalue weighted by molar-refractivity contribution is 0.0429. The van der Waals surface area contributed by atoms with Crippen LogP contribution in [0.4, 0.5) is 27.0 Å². The van der Waals surface area contributed by atoms with Gasteiger partial charge in [0.25, 0.3) is 0 Å². The second-order valence-electron chi connectivity index (χ2n) is 11.1. The average molecular weight is 611 g/mol. The monoisotopic (exact) mass is 610 g/mol. The molecule has 0 atom stereocenters. The quantitative estimate of drug-likeness (QED) is 0.253. The number of aromatic nitrogens is 5. The van der Waals surface area contributed by atoms with Crippen molar-refractivity contribution in [3.63, 3.8) is 0 Å². The summed E-state index contributed by atoms with van der Waals surface area (Å²) in [6.45, 7) is 11.7. The molecule has 3 heterocycles. The minimum Gasteiger partial charge on any atom is -0.443 e. The zero-order valence-electron chi connectivity index (χ0n) is 24.0. The van der Waals surface area contributed by atoms with E-state index in [1.54, 1.807) is 66.9 Å². The highest BCUT2D eigenvalue weighted by Gasteiger charge is 2.34. The molecule has 4 aromatic rings. The molecule has 42 heavy (non-hydrogen) atoms. The minimum atomic E-state index is -0.960. The van der Waals surface area contributed by atoms with Gasteiger partial charge in [-0.2, -0.15) is 15.3 Å². The minimum absolute atomic E-state index is 0.0625. The fraction of sp³-hybridized carbons (Fsp3) is 0.321. The number of fused-ring (bicyclic) bond motifs is 1. The van der Waals surface area contributed by atoms with Gasteiger partial charge in [-0.05, 0) is 66.7 Å². The van der Waals surface area contributed by atoms with E-state index in [9.17, 15) is 14.9 Å². The summed E-state index contributed by atoms with van der Waals surface area (Å²) in [5.41, 5.74) is -0.512. The smallest absolute Gasteiger partial charge is 0.425 e. The Kier molecular flexibility index (Phi) is 8.29. The van der Waals surface area contributed by atoms with Gasteiger partial charge >= 0.3 is 12.2 Å². The van der Waals surface area contributed by atoms with E-state index in [-0.39, 0.29) is 27.5 Å². The number of imide groups is 1. The Bertz CT molecular complexity index is 1680. The molecule has 3 aromatic heterocycles. The maximum atomic E-state index is 13.1. The lowest BCUT2D eigenvalue weighted by Crippen LogP contribution is -2.44. The van der Waals surface area contributed by atoms with E-state index < -0.39 is 23.4 Å². The summed E-state index contributed by atoms with van der Waals surface area (Å²) >= 11 is 12.8. The molecule has 12 nitrogen and oxygen atoms in total. The van der Waals surface area contributed by atoms with Crippen molar-refractivity contribution >= 4 is 63.7 Å². The first kappa shape index (κ1) is 30.5. The maximum Gasteiger partial charge on any atom is 0.425 e. The van der Waals surface area contributed by atoms with Crippen LogP contribution in [-0.4, -0.2) is 48.1 Å². The van der Waals surface area contributed by atoms with Crippen molar-refractivity contribution in [1.29, 1.82) is 5.26 Å². The van der Waals surface area contributed by atoms with Gasteiger partial charge in [0, 0.05) is 18.5 Å². The molecular weight excluding hydrogens is 583 g/mol. The van der Waals surface area contributed by atoms with Crippen LogP contribution in [0, 0.1) is 18.3 Å². The molecule has 1 aromatic carbocycles. The number of nitriles is 1. The van der Waals surface area contributed by atoms with Crippen molar-refractivity contribution in [1.82, 2.24) is 24.7 Å². The Labute approximate surface area is 252 Å². The number of hydrogen-bond acceptors (Lipinski definition) is 10. The second-order valence-corrected chi connectivity index (χ2v) is 12.0. The summed E-state index contributed by atoms with van der Waals surface area (Å²) in [6.07, 6.45) is 1.30. The number of aryl methyl sites for hydroxylation is 1. The number of ether oxygens (including phenoxy) is 2. The summed E-state index contributed by atoms with van der Waals surface area (Å²) < 4.78 is 12.4. The van der Waals surface area contributed by atoms with Gasteiger partial charge in [0.15, 0.2) is 5.82 Å². The number of pyridine rings is 1. The molecular formula is C28H28Cl2N8O4. The van der Waals surface area contributed by atoms with Crippen molar-refractivity contribution in [3.8, 4) is 11.8 Å². The van der Waals surface area contributed by atoms with Crippen LogP contribution in [0.2, 0.25) is 10.0 Å². The third-order valence-electron chi connectivity index (χ3n) is 5.26. The number of halogens is 2. The first-order chi connectivity index (χ1) is 19.5. The van der Waals surface area contributed by atoms with Crippen LogP contribution in [0.3, 0.4) is 0 Å². The van der Waals surface area contributed by atoms with E-state index >= 15 is 0 Å². The number of benzene rings is 1. The highest BCUT2D eigenvalue weighted by molar-refractivity contribution is 6.38. The molecule has 0 aliphatic carbocycles. The molecule has 4 rings (SSSR count). The number of nitrogens with zero attached hydrogens (tertiary/aromatic N) is 7. The SMILES string of the molecule is Cc1nc(Nc2nccc3nn(-c4c(Cl)cc(C#N)cc4Cl)cc23)cc(N(C(=O)OC(C)(C)C)C(=O)OC(C)(C)C)n1. The van der Waals surface area contributed by atoms with E-state index in [1.807, 2.05) is 6.07 Å². The molecule has 0 saturated heterocycles. The number of anilines is 3. The molecule has 0 saturated carbocycles. The molecule has 0 spiro atoms. The van der Waals surface area contributed by atoms with Gasteiger partial charge < -0.3 is 14.8 Å². The van der Waals surface area contributed by atoms with Crippen LogP contribution in [0.5, 0.6) is 0 Å².